The molecule has 0 saturated heterocycles. The number of aromatic amines is 1. The minimum absolute atomic E-state index is 0.0732. The second-order valence-corrected chi connectivity index (χ2v) is 8.16. The van der Waals surface area contributed by atoms with E-state index in [1.165, 1.54) is 21.8 Å². The van der Waals surface area contributed by atoms with Crippen LogP contribution in [0.1, 0.15) is 16.3 Å². The minimum Gasteiger partial charge on any atom is -0.309 e. The van der Waals surface area contributed by atoms with E-state index in [1.54, 1.807) is 29.4 Å². The number of rotatable bonds is 3. The van der Waals surface area contributed by atoms with Crippen LogP contribution in [0.25, 0.3) is 20.4 Å². The van der Waals surface area contributed by atoms with Crippen molar-refractivity contribution in [1.29, 1.82) is 0 Å². The summed E-state index contributed by atoms with van der Waals surface area (Å²) >= 11 is 4.67. The fourth-order valence-corrected chi connectivity index (χ4v) is 5.10. The monoisotopic (exact) mass is 360 g/mol. The van der Waals surface area contributed by atoms with Crippen LogP contribution in [0, 0.1) is 13.8 Å². The highest BCUT2D eigenvalue weighted by Crippen LogP contribution is 2.35. The summed E-state index contributed by atoms with van der Waals surface area (Å²) < 4.78 is 0.674. The molecule has 5 nitrogen and oxygen atoms in total. The quantitative estimate of drug-likeness (QED) is 0.443. The van der Waals surface area contributed by atoms with E-state index in [9.17, 15) is 4.79 Å². The highest BCUT2D eigenvalue weighted by molar-refractivity contribution is 7.98. The van der Waals surface area contributed by atoms with Crippen molar-refractivity contribution in [2.24, 2.45) is 0 Å². The van der Waals surface area contributed by atoms with Crippen LogP contribution in [0.5, 0.6) is 0 Å². The number of thiophene rings is 2. The molecule has 4 aromatic rings. The van der Waals surface area contributed by atoms with Crippen molar-refractivity contribution < 1.29 is 0 Å². The first kappa shape index (κ1) is 14.8. The second-order valence-electron chi connectivity index (χ2n) is 5.08. The molecule has 0 saturated carbocycles. The van der Waals surface area contributed by atoms with E-state index in [0.717, 1.165) is 20.8 Å². The van der Waals surface area contributed by atoms with Crippen LogP contribution in [0.4, 0.5) is 0 Å². The highest BCUT2D eigenvalue weighted by Gasteiger charge is 2.13. The van der Waals surface area contributed by atoms with Gasteiger partial charge in [0.15, 0.2) is 0 Å². The summed E-state index contributed by atoms with van der Waals surface area (Å²) in [6.45, 7) is 4.19. The topological polar surface area (TPSA) is 71.5 Å². The Bertz CT molecular complexity index is 1080. The lowest BCUT2D eigenvalue weighted by atomic mass is 10.2. The lowest BCUT2D eigenvalue weighted by Crippen LogP contribution is -2.09. The van der Waals surface area contributed by atoms with E-state index in [1.807, 2.05) is 11.4 Å². The summed E-state index contributed by atoms with van der Waals surface area (Å²) in [6, 6.07) is 1.87. The minimum atomic E-state index is -0.0732. The Morgan fingerprint density at radius 3 is 3.04 bits per heavy atom. The van der Waals surface area contributed by atoms with E-state index in [0.29, 0.717) is 16.3 Å². The van der Waals surface area contributed by atoms with Gasteiger partial charge in [-0.2, -0.15) is 0 Å². The molecule has 116 valence electrons. The maximum Gasteiger partial charge on any atom is 0.268 e. The number of hydrogen-bond donors (Lipinski definition) is 1. The van der Waals surface area contributed by atoms with Gasteiger partial charge in [-0.15, -0.1) is 22.7 Å². The Labute approximate surface area is 143 Å². The first-order valence-electron chi connectivity index (χ1n) is 6.93. The third kappa shape index (κ3) is 2.56. The molecular formula is C15H12N4OS3. The summed E-state index contributed by atoms with van der Waals surface area (Å²) in [5, 5.41) is 3.93. The number of aromatic nitrogens is 4. The van der Waals surface area contributed by atoms with Gasteiger partial charge in [0.2, 0.25) is 0 Å². The fourth-order valence-electron chi connectivity index (χ4n) is 2.39. The lowest BCUT2D eigenvalue weighted by Gasteiger charge is -2.03. The van der Waals surface area contributed by atoms with Gasteiger partial charge in [0, 0.05) is 10.3 Å². The maximum atomic E-state index is 12.0. The molecule has 0 aliphatic carbocycles. The first-order valence-corrected chi connectivity index (χ1v) is 9.61. The highest BCUT2D eigenvalue weighted by atomic mass is 32.2. The van der Waals surface area contributed by atoms with E-state index in [2.05, 4.69) is 33.8 Å². The molecule has 4 aromatic heterocycles. The SMILES string of the molecule is Cc1sc2ncnc(SCc3nc4ccsc4c(=O)[nH]3)c2c1C. The van der Waals surface area contributed by atoms with Crippen molar-refractivity contribution >= 4 is 54.9 Å². The first-order chi connectivity index (χ1) is 11.1. The molecule has 0 amide bonds. The van der Waals surface area contributed by atoms with E-state index in [4.69, 9.17) is 0 Å². The van der Waals surface area contributed by atoms with E-state index < -0.39 is 0 Å². The third-order valence-electron chi connectivity index (χ3n) is 3.64. The van der Waals surface area contributed by atoms with Crippen molar-refractivity contribution in [3.05, 3.63) is 44.4 Å². The van der Waals surface area contributed by atoms with Crippen LogP contribution >= 0.6 is 34.4 Å². The summed E-state index contributed by atoms with van der Waals surface area (Å²) in [4.78, 5) is 30.4. The molecule has 23 heavy (non-hydrogen) atoms. The summed E-state index contributed by atoms with van der Waals surface area (Å²) in [6.07, 6.45) is 1.60. The molecule has 4 rings (SSSR count). The molecule has 0 fully saturated rings. The molecular weight excluding hydrogens is 348 g/mol. The molecule has 4 heterocycles. The predicted molar refractivity (Wildman–Crippen MR) is 96.7 cm³/mol. The Hall–Kier alpha value is -1.77. The largest absolute Gasteiger partial charge is 0.309 e. The van der Waals surface area contributed by atoms with Crippen molar-refractivity contribution in [3.8, 4) is 0 Å². The number of nitrogens with one attached hydrogen (secondary N) is 1. The number of aryl methyl sites for hydroxylation is 2. The van der Waals surface area contributed by atoms with Crippen LogP contribution in [-0.2, 0) is 5.75 Å². The van der Waals surface area contributed by atoms with Gasteiger partial charge >= 0.3 is 0 Å². The number of nitrogens with zero attached hydrogens (tertiary/aromatic N) is 3. The molecule has 0 aliphatic heterocycles. The lowest BCUT2D eigenvalue weighted by molar-refractivity contribution is 1.04. The number of H-pyrrole nitrogens is 1. The normalized spacial score (nSPS) is 11.6. The van der Waals surface area contributed by atoms with Gasteiger partial charge in [-0.3, -0.25) is 4.79 Å². The molecule has 0 unspecified atom stereocenters. The average molecular weight is 360 g/mol. The molecule has 8 heteroatoms. The fraction of sp³-hybridized carbons (Fsp3) is 0.200. The molecule has 0 aromatic carbocycles. The zero-order chi connectivity index (χ0) is 16.0. The van der Waals surface area contributed by atoms with Crippen LogP contribution in [0.2, 0.25) is 0 Å². The van der Waals surface area contributed by atoms with Crippen LogP contribution in [0.15, 0.2) is 27.6 Å². The van der Waals surface area contributed by atoms with Crippen molar-refractivity contribution in [3.63, 3.8) is 0 Å². The number of hydrogen-bond acceptors (Lipinski definition) is 7. The van der Waals surface area contributed by atoms with Gasteiger partial charge in [0.1, 0.15) is 26.7 Å². The second kappa shape index (κ2) is 5.70. The third-order valence-corrected chi connectivity index (χ3v) is 6.66. The van der Waals surface area contributed by atoms with Gasteiger partial charge in [-0.1, -0.05) is 11.8 Å². The number of thioether (sulfide) groups is 1. The van der Waals surface area contributed by atoms with Crippen LogP contribution in [-0.4, -0.2) is 19.9 Å². The predicted octanol–water partition coefficient (Wildman–Crippen LogP) is 3.90. The summed E-state index contributed by atoms with van der Waals surface area (Å²) in [7, 11) is 0. The Balaban J connectivity index is 1.69. The van der Waals surface area contributed by atoms with Gasteiger partial charge < -0.3 is 4.98 Å². The Morgan fingerprint density at radius 2 is 2.17 bits per heavy atom. The van der Waals surface area contributed by atoms with Gasteiger partial charge in [0.25, 0.3) is 5.56 Å². The Morgan fingerprint density at radius 1 is 1.30 bits per heavy atom. The zero-order valence-electron chi connectivity index (χ0n) is 12.4. The van der Waals surface area contributed by atoms with Crippen LogP contribution < -0.4 is 5.56 Å². The van der Waals surface area contributed by atoms with Crippen LogP contribution in [0.3, 0.4) is 0 Å². The average Bonchev–Trinajstić information content (AvgIpc) is 3.11. The molecule has 0 spiro atoms. The van der Waals surface area contributed by atoms with E-state index >= 15 is 0 Å². The summed E-state index contributed by atoms with van der Waals surface area (Å²) in [5.74, 6) is 1.24. The van der Waals surface area contributed by atoms with Crippen molar-refractivity contribution in [2.45, 2.75) is 24.6 Å². The van der Waals surface area contributed by atoms with Gasteiger partial charge in [-0.25, -0.2) is 15.0 Å². The van der Waals surface area contributed by atoms with Crippen molar-refractivity contribution in [2.75, 3.05) is 0 Å². The molecule has 0 bridgehead atoms. The molecule has 0 aliphatic rings. The Kier molecular flexibility index (Phi) is 3.67. The smallest absolute Gasteiger partial charge is 0.268 e. The van der Waals surface area contributed by atoms with Gasteiger partial charge in [-0.05, 0) is 30.9 Å². The zero-order valence-corrected chi connectivity index (χ0v) is 14.9. The number of fused-ring (bicyclic) bond motifs is 2. The molecule has 0 radical (unpaired) electrons. The summed E-state index contributed by atoms with van der Waals surface area (Å²) in [5.41, 5.74) is 1.91. The molecule has 1 N–H and O–H groups in total. The standard InChI is InChI=1S/C15H12N4OS3/c1-7-8(2)23-15-11(7)14(16-6-17-15)22-5-10-18-9-3-4-21-12(9)13(20)19-10/h3-4,6H,5H2,1-2H3,(H,18,19,20). The van der Waals surface area contributed by atoms with E-state index in [-0.39, 0.29) is 5.56 Å². The van der Waals surface area contributed by atoms with Gasteiger partial charge in [0.05, 0.1) is 11.3 Å². The molecule has 0 atom stereocenters. The van der Waals surface area contributed by atoms with Crippen molar-refractivity contribution in [1.82, 2.24) is 19.9 Å². The maximum absolute atomic E-state index is 12.0.